The SMILES string of the molecule is CCc1ccccc1Cc1ccccc1. The topological polar surface area (TPSA) is 0 Å². The van der Waals surface area contributed by atoms with Gasteiger partial charge in [-0.3, -0.25) is 0 Å². The van der Waals surface area contributed by atoms with E-state index in [0.717, 1.165) is 12.8 Å². The molecule has 0 spiro atoms. The summed E-state index contributed by atoms with van der Waals surface area (Å²) in [6, 6.07) is 19.3. The second-order valence-electron chi connectivity index (χ2n) is 3.78. The van der Waals surface area contributed by atoms with Gasteiger partial charge >= 0.3 is 0 Å². The first-order valence-electron chi connectivity index (χ1n) is 5.51. The van der Waals surface area contributed by atoms with Crippen LogP contribution < -0.4 is 0 Å². The van der Waals surface area contributed by atoms with E-state index >= 15 is 0 Å². The first kappa shape index (κ1) is 9.97. The fourth-order valence-electron chi connectivity index (χ4n) is 1.89. The van der Waals surface area contributed by atoms with Gasteiger partial charge in [-0.25, -0.2) is 0 Å². The maximum absolute atomic E-state index is 2.23. The van der Waals surface area contributed by atoms with E-state index in [0.29, 0.717) is 0 Å². The number of hydrogen-bond donors (Lipinski definition) is 0. The Kier molecular flexibility index (Phi) is 3.18. The third kappa shape index (κ3) is 2.47. The molecule has 0 nitrogen and oxygen atoms in total. The highest BCUT2D eigenvalue weighted by atomic mass is 14.0. The first-order chi connectivity index (χ1) is 7.40. The molecule has 0 unspecified atom stereocenters. The standard InChI is InChI=1S/C15H16/c1-2-14-10-6-7-11-15(14)12-13-8-4-3-5-9-13/h3-11H,2,12H2,1H3. The van der Waals surface area contributed by atoms with E-state index in [-0.39, 0.29) is 0 Å². The molecule has 15 heavy (non-hydrogen) atoms. The van der Waals surface area contributed by atoms with Crippen LogP contribution in [0.3, 0.4) is 0 Å². The van der Waals surface area contributed by atoms with Crippen LogP contribution in [0.1, 0.15) is 23.6 Å². The van der Waals surface area contributed by atoms with Crippen molar-refractivity contribution in [1.29, 1.82) is 0 Å². The number of rotatable bonds is 3. The van der Waals surface area contributed by atoms with Gasteiger partial charge in [0.1, 0.15) is 0 Å². The molecular weight excluding hydrogens is 180 g/mol. The monoisotopic (exact) mass is 196 g/mol. The Morgan fingerprint density at radius 1 is 0.733 bits per heavy atom. The molecular formula is C15H16. The Balaban J connectivity index is 2.24. The zero-order chi connectivity index (χ0) is 10.5. The molecule has 0 saturated carbocycles. The number of benzene rings is 2. The zero-order valence-electron chi connectivity index (χ0n) is 9.11. The van der Waals surface area contributed by atoms with Crippen molar-refractivity contribution >= 4 is 0 Å². The summed E-state index contributed by atoms with van der Waals surface area (Å²) < 4.78 is 0. The highest BCUT2D eigenvalue weighted by molar-refractivity contribution is 5.32. The predicted octanol–water partition coefficient (Wildman–Crippen LogP) is 3.84. The molecule has 2 aromatic rings. The molecule has 0 aliphatic rings. The van der Waals surface area contributed by atoms with Crippen molar-refractivity contribution in [2.45, 2.75) is 19.8 Å². The lowest BCUT2D eigenvalue weighted by molar-refractivity contribution is 1.06. The van der Waals surface area contributed by atoms with E-state index in [1.807, 2.05) is 0 Å². The second-order valence-corrected chi connectivity index (χ2v) is 3.78. The fourth-order valence-corrected chi connectivity index (χ4v) is 1.89. The lowest BCUT2D eigenvalue weighted by atomic mass is 9.98. The van der Waals surface area contributed by atoms with E-state index in [1.54, 1.807) is 0 Å². The minimum absolute atomic E-state index is 1.05. The maximum atomic E-state index is 2.23. The Morgan fingerprint density at radius 3 is 2.00 bits per heavy atom. The summed E-state index contributed by atoms with van der Waals surface area (Å²) in [5, 5.41) is 0. The maximum Gasteiger partial charge on any atom is -0.00230 e. The highest BCUT2D eigenvalue weighted by Gasteiger charge is 2.00. The van der Waals surface area contributed by atoms with Crippen LogP contribution in [0.4, 0.5) is 0 Å². The molecule has 0 radical (unpaired) electrons. The summed E-state index contributed by atoms with van der Waals surface area (Å²) >= 11 is 0. The molecule has 0 fully saturated rings. The predicted molar refractivity (Wildman–Crippen MR) is 65.1 cm³/mol. The molecule has 0 amide bonds. The largest absolute Gasteiger partial charge is 0.0622 e. The lowest BCUT2D eigenvalue weighted by Crippen LogP contribution is -1.93. The molecule has 0 atom stereocenters. The molecule has 0 aliphatic heterocycles. The average Bonchev–Trinajstić information content (AvgIpc) is 2.31. The van der Waals surface area contributed by atoms with E-state index in [2.05, 4.69) is 61.5 Å². The summed E-state index contributed by atoms with van der Waals surface area (Å²) in [7, 11) is 0. The van der Waals surface area contributed by atoms with Crippen molar-refractivity contribution in [3.8, 4) is 0 Å². The van der Waals surface area contributed by atoms with Crippen molar-refractivity contribution in [2.24, 2.45) is 0 Å². The van der Waals surface area contributed by atoms with E-state index in [1.165, 1.54) is 16.7 Å². The molecule has 76 valence electrons. The van der Waals surface area contributed by atoms with Crippen LogP contribution in [-0.2, 0) is 12.8 Å². The smallest absolute Gasteiger partial charge is 0.00230 e. The average molecular weight is 196 g/mol. The van der Waals surface area contributed by atoms with Gasteiger partial charge in [0, 0.05) is 0 Å². The molecule has 0 N–H and O–H groups in total. The summed E-state index contributed by atoms with van der Waals surface area (Å²) in [6.45, 7) is 2.21. The van der Waals surface area contributed by atoms with Crippen LogP contribution in [0.15, 0.2) is 54.6 Å². The van der Waals surface area contributed by atoms with Gasteiger partial charge in [0.15, 0.2) is 0 Å². The van der Waals surface area contributed by atoms with Gasteiger partial charge < -0.3 is 0 Å². The van der Waals surface area contributed by atoms with Crippen molar-refractivity contribution < 1.29 is 0 Å². The molecule has 0 heterocycles. The molecule has 0 aromatic heterocycles. The molecule has 0 aliphatic carbocycles. The fraction of sp³-hybridized carbons (Fsp3) is 0.200. The Hall–Kier alpha value is -1.56. The molecule has 2 rings (SSSR count). The minimum Gasteiger partial charge on any atom is -0.0622 e. The molecule has 2 aromatic carbocycles. The Labute approximate surface area is 91.6 Å². The van der Waals surface area contributed by atoms with Crippen molar-refractivity contribution in [3.63, 3.8) is 0 Å². The van der Waals surface area contributed by atoms with E-state index in [9.17, 15) is 0 Å². The zero-order valence-corrected chi connectivity index (χ0v) is 9.11. The van der Waals surface area contributed by atoms with Crippen LogP contribution in [-0.4, -0.2) is 0 Å². The summed E-state index contributed by atoms with van der Waals surface area (Å²) in [4.78, 5) is 0. The van der Waals surface area contributed by atoms with Gasteiger partial charge in [-0.15, -0.1) is 0 Å². The Bertz CT molecular complexity index is 415. The third-order valence-electron chi connectivity index (χ3n) is 2.74. The van der Waals surface area contributed by atoms with Gasteiger partial charge in [0.25, 0.3) is 0 Å². The van der Waals surface area contributed by atoms with Crippen LogP contribution in [0.2, 0.25) is 0 Å². The van der Waals surface area contributed by atoms with Crippen LogP contribution in [0.5, 0.6) is 0 Å². The number of aryl methyl sites for hydroxylation is 1. The quantitative estimate of drug-likeness (QED) is 0.699. The van der Waals surface area contributed by atoms with Crippen molar-refractivity contribution in [3.05, 3.63) is 71.3 Å². The van der Waals surface area contributed by atoms with Crippen LogP contribution >= 0.6 is 0 Å². The normalized spacial score (nSPS) is 10.2. The lowest BCUT2D eigenvalue weighted by Gasteiger charge is -2.07. The van der Waals surface area contributed by atoms with Crippen molar-refractivity contribution in [1.82, 2.24) is 0 Å². The summed E-state index contributed by atoms with van der Waals surface area (Å²) in [6.07, 6.45) is 2.16. The van der Waals surface area contributed by atoms with Gasteiger partial charge in [0.05, 0.1) is 0 Å². The summed E-state index contributed by atoms with van der Waals surface area (Å²) in [5.74, 6) is 0. The highest BCUT2D eigenvalue weighted by Crippen LogP contribution is 2.14. The second kappa shape index (κ2) is 4.79. The van der Waals surface area contributed by atoms with E-state index < -0.39 is 0 Å². The van der Waals surface area contributed by atoms with Crippen LogP contribution in [0.25, 0.3) is 0 Å². The molecule has 0 bridgehead atoms. The molecule has 0 saturated heterocycles. The molecule has 0 heteroatoms. The van der Waals surface area contributed by atoms with Crippen LogP contribution in [0, 0.1) is 0 Å². The van der Waals surface area contributed by atoms with Gasteiger partial charge in [0.2, 0.25) is 0 Å². The number of hydrogen-bond acceptors (Lipinski definition) is 0. The van der Waals surface area contributed by atoms with Gasteiger partial charge in [-0.05, 0) is 29.5 Å². The summed E-state index contributed by atoms with van der Waals surface area (Å²) in [5.41, 5.74) is 4.30. The Morgan fingerprint density at radius 2 is 1.33 bits per heavy atom. The van der Waals surface area contributed by atoms with Crippen molar-refractivity contribution in [2.75, 3.05) is 0 Å². The van der Waals surface area contributed by atoms with Gasteiger partial charge in [-0.2, -0.15) is 0 Å². The first-order valence-corrected chi connectivity index (χ1v) is 5.51. The minimum atomic E-state index is 1.05. The van der Waals surface area contributed by atoms with E-state index in [4.69, 9.17) is 0 Å². The third-order valence-corrected chi connectivity index (χ3v) is 2.74. The van der Waals surface area contributed by atoms with Gasteiger partial charge in [-0.1, -0.05) is 61.5 Å².